The molecule has 166 valence electrons. The molecule has 2 heterocycles. The van der Waals surface area contributed by atoms with Crippen LogP contribution < -0.4 is 5.32 Å². The number of nitrogens with one attached hydrogen (secondary N) is 1. The highest BCUT2D eigenvalue weighted by Gasteiger charge is 2.33. The third-order valence-corrected chi connectivity index (χ3v) is 6.45. The summed E-state index contributed by atoms with van der Waals surface area (Å²) in [5, 5.41) is 3.13. The van der Waals surface area contributed by atoms with Gasteiger partial charge in [-0.1, -0.05) is 74.0 Å². The van der Waals surface area contributed by atoms with Gasteiger partial charge >= 0.3 is 6.03 Å². The van der Waals surface area contributed by atoms with Gasteiger partial charge in [0.25, 0.3) is 0 Å². The number of benzene rings is 3. The molecular weight excluding hydrogens is 406 g/mol. The van der Waals surface area contributed by atoms with Gasteiger partial charge in [-0.15, -0.1) is 0 Å². The summed E-state index contributed by atoms with van der Waals surface area (Å²) in [7, 11) is 0. The first-order valence-electron chi connectivity index (χ1n) is 11.5. The highest BCUT2D eigenvalue weighted by molar-refractivity contribution is 5.90. The van der Waals surface area contributed by atoms with Crippen LogP contribution in [0.5, 0.6) is 0 Å². The standard InChI is InChI=1S/C29H29N3O/c1-20(2)22-12-14-23(15-13-22)28-27-9-6-18-31(27)26-8-5-4-7-24(26)19-32(28)29(33)30-25-16-10-21(3)11-17-25/h4-18,20,28H,19H2,1-3H3,(H,30,33)/t28-/m0/s1. The van der Waals surface area contributed by atoms with Gasteiger partial charge in [-0.05, 0) is 59.9 Å². The number of aromatic nitrogens is 1. The van der Waals surface area contributed by atoms with Gasteiger partial charge in [-0.3, -0.25) is 0 Å². The van der Waals surface area contributed by atoms with Crippen LogP contribution in [0.2, 0.25) is 0 Å². The van der Waals surface area contributed by atoms with Crippen LogP contribution in [0.1, 0.15) is 53.8 Å². The lowest BCUT2D eigenvalue weighted by Crippen LogP contribution is -2.37. The first-order chi connectivity index (χ1) is 16.0. The van der Waals surface area contributed by atoms with Crippen molar-refractivity contribution < 1.29 is 4.79 Å². The number of rotatable bonds is 3. The molecule has 3 aromatic carbocycles. The Balaban J connectivity index is 1.61. The molecule has 5 rings (SSSR count). The van der Waals surface area contributed by atoms with Crippen molar-refractivity contribution in [1.82, 2.24) is 9.47 Å². The third kappa shape index (κ3) is 4.05. The zero-order valence-electron chi connectivity index (χ0n) is 19.3. The molecule has 0 saturated heterocycles. The Morgan fingerprint density at radius 1 is 0.909 bits per heavy atom. The molecule has 0 radical (unpaired) electrons. The van der Waals surface area contributed by atoms with Crippen LogP contribution in [0.15, 0.2) is 91.1 Å². The Morgan fingerprint density at radius 2 is 1.64 bits per heavy atom. The summed E-state index contributed by atoms with van der Waals surface area (Å²) in [6.07, 6.45) is 2.09. The van der Waals surface area contributed by atoms with Gasteiger partial charge in [0.1, 0.15) is 0 Å². The summed E-state index contributed by atoms with van der Waals surface area (Å²) in [5.41, 5.74) is 7.68. The quantitative estimate of drug-likeness (QED) is 0.368. The average Bonchev–Trinajstić information content (AvgIpc) is 3.25. The lowest BCUT2D eigenvalue weighted by atomic mass is 9.97. The molecule has 0 bridgehead atoms. The molecule has 1 aromatic heterocycles. The number of carbonyl (C=O) groups is 1. The van der Waals surface area contributed by atoms with Crippen molar-refractivity contribution in [3.05, 3.63) is 119 Å². The van der Waals surface area contributed by atoms with Gasteiger partial charge < -0.3 is 14.8 Å². The molecule has 1 atom stereocenters. The number of para-hydroxylation sites is 1. The van der Waals surface area contributed by atoms with Gasteiger partial charge in [0.2, 0.25) is 0 Å². The van der Waals surface area contributed by atoms with Crippen molar-refractivity contribution in [2.24, 2.45) is 0 Å². The SMILES string of the molecule is Cc1ccc(NC(=O)N2Cc3ccccc3-n3cccc3[C@@H]2c2ccc(C(C)C)cc2)cc1. The van der Waals surface area contributed by atoms with Crippen molar-refractivity contribution >= 4 is 11.7 Å². The van der Waals surface area contributed by atoms with Gasteiger partial charge in [-0.2, -0.15) is 0 Å². The van der Waals surface area contributed by atoms with E-state index in [0.29, 0.717) is 12.5 Å². The predicted octanol–water partition coefficient (Wildman–Crippen LogP) is 7.05. The largest absolute Gasteiger partial charge is 0.322 e. The van der Waals surface area contributed by atoms with E-state index in [-0.39, 0.29) is 12.1 Å². The fourth-order valence-corrected chi connectivity index (χ4v) is 4.59. The fraction of sp³-hybridized carbons (Fsp3) is 0.207. The van der Waals surface area contributed by atoms with E-state index in [1.165, 1.54) is 5.56 Å². The average molecular weight is 436 g/mol. The number of hydrogen-bond donors (Lipinski definition) is 1. The molecule has 1 aliphatic rings. The van der Waals surface area contributed by atoms with Gasteiger partial charge in [0.05, 0.1) is 18.3 Å². The van der Waals surface area contributed by atoms with E-state index in [0.717, 1.165) is 33.8 Å². The maximum absolute atomic E-state index is 13.7. The number of amides is 2. The zero-order chi connectivity index (χ0) is 22.9. The maximum Gasteiger partial charge on any atom is 0.322 e. The van der Waals surface area contributed by atoms with E-state index in [9.17, 15) is 4.79 Å². The number of nitrogens with zero attached hydrogens (tertiary/aromatic N) is 2. The molecule has 33 heavy (non-hydrogen) atoms. The molecule has 1 aliphatic heterocycles. The highest BCUT2D eigenvalue weighted by Crippen LogP contribution is 2.37. The predicted molar refractivity (Wildman–Crippen MR) is 134 cm³/mol. The van der Waals surface area contributed by atoms with E-state index in [2.05, 4.69) is 84.5 Å². The minimum Gasteiger partial charge on any atom is -0.318 e. The lowest BCUT2D eigenvalue weighted by molar-refractivity contribution is 0.194. The minimum absolute atomic E-state index is 0.110. The Hall–Kier alpha value is -3.79. The third-order valence-electron chi connectivity index (χ3n) is 6.45. The number of fused-ring (bicyclic) bond motifs is 3. The second kappa shape index (κ2) is 8.62. The summed E-state index contributed by atoms with van der Waals surface area (Å²) in [4.78, 5) is 15.7. The molecule has 0 unspecified atom stereocenters. The zero-order valence-corrected chi connectivity index (χ0v) is 19.3. The van der Waals surface area contributed by atoms with Crippen molar-refractivity contribution in [2.45, 2.75) is 39.3 Å². The number of hydrogen-bond acceptors (Lipinski definition) is 1. The summed E-state index contributed by atoms with van der Waals surface area (Å²) in [6.45, 7) is 6.96. The van der Waals surface area contributed by atoms with Crippen LogP contribution in [-0.2, 0) is 6.54 Å². The summed E-state index contributed by atoms with van der Waals surface area (Å²) < 4.78 is 2.22. The molecule has 0 spiro atoms. The van der Waals surface area contributed by atoms with Crippen LogP contribution >= 0.6 is 0 Å². The van der Waals surface area contributed by atoms with Crippen LogP contribution in [0.3, 0.4) is 0 Å². The molecule has 4 heteroatoms. The second-order valence-corrected chi connectivity index (χ2v) is 9.08. The van der Waals surface area contributed by atoms with Gasteiger partial charge in [0.15, 0.2) is 0 Å². The van der Waals surface area contributed by atoms with E-state index < -0.39 is 0 Å². The maximum atomic E-state index is 13.7. The van der Waals surface area contributed by atoms with E-state index >= 15 is 0 Å². The molecule has 2 amide bonds. The van der Waals surface area contributed by atoms with Crippen molar-refractivity contribution in [2.75, 3.05) is 5.32 Å². The Labute approximate surface area is 195 Å². The molecular formula is C29H29N3O. The normalized spacial score (nSPS) is 15.0. The number of urea groups is 1. The van der Waals surface area contributed by atoms with Gasteiger partial charge in [-0.25, -0.2) is 4.79 Å². The molecule has 0 fully saturated rings. The van der Waals surface area contributed by atoms with Crippen LogP contribution in [0.25, 0.3) is 5.69 Å². The van der Waals surface area contributed by atoms with E-state index in [4.69, 9.17) is 0 Å². The fourth-order valence-electron chi connectivity index (χ4n) is 4.59. The molecule has 0 aliphatic carbocycles. The van der Waals surface area contributed by atoms with Gasteiger partial charge in [0, 0.05) is 17.6 Å². The highest BCUT2D eigenvalue weighted by atomic mass is 16.2. The smallest absolute Gasteiger partial charge is 0.318 e. The van der Waals surface area contributed by atoms with Crippen molar-refractivity contribution in [1.29, 1.82) is 0 Å². The first kappa shape index (κ1) is 21.1. The minimum atomic E-state index is -0.209. The van der Waals surface area contributed by atoms with Crippen molar-refractivity contribution in [3.8, 4) is 5.69 Å². The van der Waals surface area contributed by atoms with E-state index in [1.807, 2.05) is 42.2 Å². The summed E-state index contributed by atoms with van der Waals surface area (Å²) in [6, 6.07) is 28.8. The summed E-state index contributed by atoms with van der Waals surface area (Å²) in [5.74, 6) is 0.460. The van der Waals surface area contributed by atoms with Crippen LogP contribution in [0.4, 0.5) is 10.5 Å². The molecule has 4 aromatic rings. The molecule has 0 saturated carbocycles. The Bertz CT molecular complexity index is 1270. The topological polar surface area (TPSA) is 37.3 Å². The number of carbonyl (C=O) groups excluding carboxylic acids is 1. The molecule has 4 nitrogen and oxygen atoms in total. The Kier molecular flexibility index (Phi) is 5.51. The lowest BCUT2D eigenvalue weighted by Gasteiger charge is -2.31. The second-order valence-electron chi connectivity index (χ2n) is 9.08. The van der Waals surface area contributed by atoms with Crippen molar-refractivity contribution in [3.63, 3.8) is 0 Å². The number of aryl methyl sites for hydroxylation is 1. The summed E-state index contributed by atoms with van der Waals surface area (Å²) >= 11 is 0. The Morgan fingerprint density at radius 3 is 2.36 bits per heavy atom. The van der Waals surface area contributed by atoms with E-state index in [1.54, 1.807) is 0 Å². The van der Waals surface area contributed by atoms with Crippen LogP contribution in [-0.4, -0.2) is 15.5 Å². The number of anilines is 1. The molecule has 1 N–H and O–H groups in total. The van der Waals surface area contributed by atoms with Crippen LogP contribution in [0, 0.1) is 6.92 Å². The first-order valence-corrected chi connectivity index (χ1v) is 11.5. The monoisotopic (exact) mass is 435 g/mol.